The van der Waals surface area contributed by atoms with Crippen molar-refractivity contribution in [1.82, 2.24) is 25.4 Å². The number of aromatic nitrogens is 3. The van der Waals surface area contributed by atoms with Crippen molar-refractivity contribution < 1.29 is 9.47 Å². The van der Waals surface area contributed by atoms with Gasteiger partial charge in [0.15, 0.2) is 11.8 Å². The van der Waals surface area contributed by atoms with Gasteiger partial charge in [-0.05, 0) is 70.6 Å². The second kappa shape index (κ2) is 13.7. The fraction of sp³-hybridized carbons (Fsp3) is 0.625. The van der Waals surface area contributed by atoms with E-state index in [0.717, 1.165) is 62.0 Å². The second-order valence-corrected chi connectivity index (χ2v) is 8.71. The lowest BCUT2D eigenvalue weighted by Gasteiger charge is -2.31. The molecule has 0 atom stereocenters. The van der Waals surface area contributed by atoms with E-state index in [1.165, 1.54) is 5.56 Å². The SMILES string of the molecule is COc1ccc(CCNC(=NCc2nnc(C)n2C)NC2CCC(OC(C)C)CC2)cc1.I. The monoisotopic (exact) mass is 570 g/mol. The molecule has 0 saturated heterocycles. The van der Waals surface area contributed by atoms with Crippen LogP contribution in [0.15, 0.2) is 29.3 Å². The van der Waals surface area contributed by atoms with Crippen molar-refractivity contribution in [3.05, 3.63) is 41.5 Å². The van der Waals surface area contributed by atoms with Gasteiger partial charge in [-0.25, -0.2) is 4.99 Å². The normalized spacial score (nSPS) is 18.7. The van der Waals surface area contributed by atoms with Gasteiger partial charge in [0.2, 0.25) is 0 Å². The van der Waals surface area contributed by atoms with Crippen LogP contribution in [0.2, 0.25) is 0 Å². The Labute approximate surface area is 215 Å². The molecule has 9 heteroatoms. The Morgan fingerprint density at radius 3 is 2.42 bits per heavy atom. The summed E-state index contributed by atoms with van der Waals surface area (Å²) in [5, 5.41) is 15.5. The molecule has 0 radical (unpaired) electrons. The summed E-state index contributed by atoms with van der Waals surface area (Å²) < 4.78 is 13.2. The van der Waals surface area contributed by atoms with Crippen LogP contribution in [0, 0.1) is 6.92 Å². The molecular weight excluding hydrogens is 531 g/mol. The molecule has 2 aromatic rings. The van der Waals surface area contributed by atoms with Crippen LogP contribution in [0.3, 0.4) is 0 Å². The van der Waals surface area contributed by atoms with Crippen molar-refractivity contribution in [2.24, 2.45) is 12.0 Å². The van der Waals surface area contributed by atoms with E-state index in [4.69, 9.17) is 14.5 Å². The molecule has 2 N–H and O–H groups in total. The molecule has 0 amide bonds. The van der Waals surface area contributed by atoms with Gasteiger partial charge in [-0.15, -0.1) is 34.2 Å². The van der Waals surface area contributed by atoms with Crippen LogP contribution in [0.25, 0.3) is 0 Å². The molecule has 8 nitrogen and oxygen atoms in total. The van der Waals surface area contributed by atoms with Crippen molar-refractivity contribution in [3.8, 4) is 5.75 Å². The van der Waals surface area contributed by atoms with Crippen molar-refractivity contribution in [2.75, 3.05) is 13.7 Å². The second-order valence-electron chi connectivity index (χ2n) is 8.71. The maximum atomic E-state index is 6.00. The minimum absolute atomic E-state index is 0. The van der Waals surface area contributed by atoms with Gasteiger partial charge in [-0.2, -0.15) is 0 Å². The molecule has 1 heterocycles. The number of aliphatic imine (C=N–C) groups is 1. The lowest BCUT2D eigenvalue weighted by atomic mass is 9.93. The average molecular weight is 571 g/mol. The summed E-state index contributed by atoms with van der Waals surface area (Å²) in [6.45, 7) is 7.44. The summed E-state index contributed by atoms with van der Waals surface area (Å²) in [7, 11) is 3.66. The predicted molar refractivity (Wildman–Crippen MR) is 142 cm³/mol. The maximum absolute atomic E-state index is 6.00. The minimum atomic E-state index is 0. The predicted octanol–water partition coefficient (Wildman–Crippen LogP) is 3.76. The molecular formula is C24H39IN6O2. The zero-order valence-corrected chi connectivity index (χ0v) is 22.8. The Hall–Kier alpha value is -1.88. The molecule has 0 unspecified atom stereocenters. The number of ether oxygens (including phenoxy) is 2. The first-order chi connectivity index (χ1) is 15.4. The Balaban J connectivity index is 0.00000385. The number of halogens is 1. The van der Waals surface area contributed by atoms with Crippen molar-refractivity contribution in [3.63, 3.8) is 0 Å². The number of methoxy groups -OCH3 is 1. The molecule has 0 bridgehead atoms. The van der Waals surface area contributed by atoms with Crippen LogP contribution in [0.5, 0.6) is 5.75 Å². The van der Waals surface area contributed by atoms with Gasteiger partial charge in [0.05, 0.1) is 19.3 Å². The molecule has 1 aliphatic rings. The molecule has 1 aliphatic carbocycles. The Morgan fingerprint density at radius 2 is 1.85 bits per heavy atom. The summed E-state index contributed by atoms with van der Waals surface area (Å²) in [6.07, 6.45) is 5.89. The first kappa shape index (κ1) is 27.4. The highest BCUT2D eigenvalue weighted by atomic mass is 127. The van der Waals surface area contributed by atoms with Gasteiger partial charge in [-0.1, -0.05) is 12.1 Å². The lowest BCUT2D eigenvalue weighted by Crippen LogP contribution is -2.46. The van der Waals surface area contributed by atoms with Gasteiger partial charge >= 0.3 is 0 Å². The third-order valence-corrected chi connectivity index (χ3v) is 5.91. The van der Waals surface area contributed by atoms with Crippen molar-refractivity contribution in [2.45, 2.75) is 77.7 Å². The molecule has 184 valence electrons. The Bertz CT molecular complexity index is 860. The fourth-order valence-electron chi connectivity index (χ4n) is 3.93. The van der Waals surface area contributed by atoms with Crippen LogP contribution in [0.1, 0.15) is 56.7 Å². The maximum Gasteiger partial charge on any atom is 0.191 e. The largest absolute Gasteiger partial charge is 0.497 e. The molecule has 3 rings (SSSR count). The highest BCUT2D eigenvalue weighted by Crippen LogP contribution is 2.22. The molecule has 33 heavy (non-hydrogen) atoms. The van der Waals surface area contributed by atoms with E-state index >= 15 is 0 Å². The van der Waals surface area contributed by atoms with Crippen LogP contribution in [-0.2, 0) is 24.8 Å². The first-order valence-corrected chi connectivity index (χ1v) is 11.6. The van der Waals surface area contributed by atoms with Gasteiger partial charge in [-0.3, -0.25) is 0 Å². The number of aryl methyl sites for hydroxylation is 1. The van der Waals surface area contributed by atoms with E-state index in [-0.39, 0.29) is 30.1 Å². The molecule has 0 aliphatic heterocycles. The van der Waals surface area contributed by atoms with Gasteiger partial charge in [0, 0.05) is 19.6 Å². The number of rotatable bonds is 9. The number of hydrogen-bond donors (Lipinski definition) is 2. The summed E-state index contributed by atoms with van der Waals surface area (Å²) in [5.41, 5.74) is 1.26. The number of benzene rings is 1. The van der Waals surface area contributed by atoms with E-state index in [2.05, 4.69) is 46.8 Å². The molecule has 1 aromatic heterocycles. The zero-order valence-electron chi connectivity index (χ0n) is 20.5. The third kappa shape index (κ3) is 8.77. The summed E-state index contributed by atoms with van der Waals surface area (Å²) in [5.74, 6) is 3.45. The van der Waals surface area contributed by atoms with Crippen LogP contribution >= 0.6 is 24.0 Å². The smallest absolute Gasteiger partial charge is 0.191 e. The van der Waals surface area contributed by atoms with E-state index in [1.54, 1.807) is 7.11 Å². The van der Waals surface area contributed by atoms with Crippen molar-refractivity contribution >= 4 is 29.9 Å². The highest BCUT2D eigenvalue weighted by molar-refractivity contribution is 14.0. The van der Waals surface area contributed by atoms with Crippen LogP contribution in [-0.4, -0.2) is 52.6 Å². The fourth-order valence-corrected chi connectivity index (χ4v) is 3.93. The summed E-state index contributed by atoms with van der Waals surface area (Å²) in [4.78, 5) is 4.81. The number of nitrogens with one attached hydrogen (secondary N) is 2. The van der Waals surface area contributed by atoms with Crippen molar-refractivity contribution in [1.29, 1.82) is 0 Å². The number of guanidine groups is 1. The van der Waals surface area contributed by atoms with E-state index < -0.39 is 0 Å². The highest BCUT2D eigenvalue weighted by Gasteiger charge is 2.23. The quantitative estimate of drug-likeness (QED) is 0.272. The van der Waals surface area contributed by atoms with Crippen LogP contribution < -0.4 is 15.4 Å². The van der Waals surface area contributed by atoms with Crippen LogP contribution in [0.4, 0.5) is 0 Å². The number of nitrogens with zero attached hydrogens (tertiary/aromatic N) is 4. The minimum Gasteiger partial charge on any atom is -0.497 e. The molecule has 1 aromatic carbocycles. The Kier molecular flexibility index (Phi) is 11.4. The van der Waals surface area contributed by atoms with E-state index in [9.17, 15) is 0 Å². The zero-order chi connectivity index (χ0) is 22.9. The molecule has 1 fully saturated rings. The van der Waals surface area contributed by atoms with Gasteiger partial charge in [0.25, 0.3) is 0 Å². The van der Waals surface area contributed by atoms with E-state index in [0.29, 0.717) is 18.7 Å². The van der Waals surface area contributed by atoms with E-state index in [1.807, 2.05) is 30.7 Å². The van der Waals surface area contributed by atoms with Gasteiger partial charge in [0.1, 0.15) is 18.1 Å². The number of hydrogen-bond acceptors (Lipinski definition) is 5. The Morgan fingerprint density at radius 1 is 1.15 bits per heavy atom. The standard InChI is InChI=1S/C24H38N6O2.HI/c1-17(2)32-22-12-8-20(9-13-22)27-24(26-16-23-29-28-18(3)30(23)4)25-15-14-19-6-10-21(31-5)11-7-19;/h6-7,10-11,17,20,22H,8-9,12-16H2,1-5H3,(H2,25,26,27);1H. The third-order valence-electron chi connectivity index (χ3n) is 5.91. The summed E-state index contributed by atoms with van der Waals surface area (Å²) in [6, 6.07) is 8.59. The molecule has 1 saturated carbocycles. The lowest BCUT2D eigenvalue weighted by molar-refractivity contribution is -0.0152. The summed E-state index contributed by atoms with van der Waals surface area (Å²) >= 11 is 0. The first-order valence-electron chi connectivity index (χ1n) is 11.6. The topological polar surface area (TPSA) is 85.6 Å². The van der Waals surface area contributed by atoms with Gasteiger partial charge < -0.3 is 24.7 Å². The average Bonchev–Trinajstić information content (AvgIpc) is 3.11. The molecule has 0 spiro atoms.